The highest BCUT2D eigenvalue weighted by Crippen LogP contribution is 2.20. The van der Waals surface area contributed by atoms with E-state index in [1.807, 2.05) is 24.3 Å². The molecule has 0 saturated heterocycles. The van der Waals surface area contributed by atoms with Crippen LogP contribution >= 0.6 is 0 Å². The van der Waals surface area contributed by atoms with Crippen LogP contribution in [0.15, 0.2) is 34.9 Å². The van der Waals surface area contributed by atoms with Crippen molar-refractivity contribution >= 4 is 16.9 Å². The molecule has 0 fully saturated rings. The molecule has 4 heteroatoms. The second-order valence-corrected chi connectivity index (χ2v) is 3.20. The van der Waals surface area contributed by atoms with Crippen LogP contribution in [-0.4, -0.2) is 5.91 Å². The molecule has 0 saturated carbocycles. The average molecular weight is 205 g/mol. The number of hydroxylamine groups is 1. The zero-order valence-electron chi connectivity index (χ0n) is 8.32. The molecule has 0 spiro atoms. The molecular formula is C11H11NO3. The number of hydrogen-bond donors (Lipinski definition) is 1. The number of carbonyl (C=O) groups is 1. The van der Waals surface area contributed by atoms with E-state index < -0.39 is 0 Å². The number of rotatable bonds is 3. The van der Waals surface area contributed by atoms with E-state index in [1.54, 1.807) is 6.26 Å². The first-order valence-corrected chi connectivity index (χ1v) is 4.61. The van der Waals surface area contributed by atoms with E-state index >= 15 is 0 Å². The Morgan fingerprint density at radius 2 is 2.27 bits per heavy atom. The molecule has 4 nitrogen and oxygen atoms in total. The third-order valence-corrected chi connectivity index (χ3v) is 2.00. The summed E-state index contributed by atoms with van der Waals surface area (Å²) < 4.78 is 5.31. The van der Waals surface area contributed by atoms with E-state index in [4.69, 9.17) is 9.25 Å². The van der Waals surface area contributed by atoms with Crippen molar-refractivity contribution in [2.75, 3.05) is 0 Å². The Hall–Kier alpha value is -1.81. The summed E-state index contributed by atoms with van der Waals surface area (Å²) in [6.45, 7) is 1.70. The van der Waals surface area contributed by atoms with Crippen LogP contribution < -0.4 is 5.48 Å². The van der Waals surface area contributed by atoms with Crippen LogP contribution in [0.1, 0.15) is 12.5 Å². The molecule has 0 bridgehead atoms. The van der Waals surface area contributed by atoms with Gasteiger partial charge in [-0.25, -0.2) is 5.48 Å². The maximum Gasteiger partial charge on any atom is 0.240 e. The SMILES string of the molecule is CC(=O)NOCc1coc2ccccc12. The summed E-state index contributed by atoms with van der Waals surface area (Å²) in [5, 5.41) is 1.00. The monoisotopic (exact) mass is 205 g/mol. The summed E-state index contributed by atoms with van der Waals surface area (Å²) in [4.78, 5) is 15.6. The fraction of sp³-hybridized carbons (Fsp3) is 0.182. The maximum atomic E-state index is 10.6. The molecule has 78 valence electrons. The Morgan fingerprint density at radius 1 is 1.47 bits per heavy atom. The highest BCUT2D eigenvalue weighted by Gasteiger charge is 2.04. The van der Waals surface area contributed by atoms with Crippen LogP contribution in [0.3, 0.4) is 0 Å². The lowest BCUT2D eigenvalue weighted by atomic mass is 10.2. The summed E-state index contributed by atoms with van der Waals surface area (Å²) in [5.74, 6) is -0.220. The van der Waals surface area contributed by atoms with Crippen molar-refractivity contribution in [1.82, 2.24) is 5.48 Å². The summed E-state index contributed by atoms with van der Waals surface area (Å²) in [5.41, 5.74) is 4.00. The fourth-order valence-corrected chi connectivity index (χ4v) is 1.36. The molecule has 1 aromatic heterocycles. The number of nitrogens with one attached hydrogen (secondary N) is 1. The Kier molecular flexibility index (Phi) is 2.69. The smallest absolute Gasteiger partial charge is 0.240 e. The molecule has 15 heavy (non-hydrogen) atoms. The minimum absolute atomic E-state index is 0.220. The lowest BCUT2D eigenvalue weighted by Gasteiger charge is -2.00. The largest absolute Gasteiger partial charge is 0.464 e. The van der Waals surface area contributed by atoms with Crippen LogP contribution in [0.5, 0.6) is 0 Å². The number of hydrogen-bond acceptors (Lipinski definition) is 3. The van der Waals surface area contributed by atoms with Gasteiger partial charge in [-0.15, -0.1) is 0 Å². The van der Waals surface area contributed by atoms with Gasteiger partial charge >= 0.3 is 0 Å². The number of benzene rings is 1. The average Bonchev–Trinajstić information content (AvgIpc) is 2.62. The third kappa shape index (κ3) is 2.16. The van der Waals surface area contributed by atoms with Gasteiger partial charge in [0, 0.05) is 17.9 Å². The first-order valence-electron chi connectivity index (χ1n) is 4.61. The van der Waals surface area contributed by atoms with Crippen molar-refractivity contribution < 1.29 is 14.0 Å². The van der Waals surface area contributed by atoms with Crippen LogP contribution in [0, 0.1) is 0 Å². The van der Waals surface area contributed by atoms with Gasteiger partial charge in [0.2, 0.25) is 5.91 Å². The Morgan fingerprint density at radius 3 is 3.07 bits per heavy atom. The summed E-state index contributed by atoms with van der Waals surface area (Å²) in [7, 11) is 0. The lowest BCUT2D eigenvalue weighted by Crippen LogP contribution is -2.19. The van der Waals surface area contributed by atoms with E-state index in [0.717, 1.165) is 16.5 Å². The fourth-order valence-electron chi connectivity index (χ4n) is 1.36. The third-order valence-electron chi connectivity index (χ3n) is 2.00. The standard InChI is InChI=1S/C11H11NO3/c1-8(13)12-15-7-9-6-14-11-5-3-2-4-10(9)11/h2-6H,7H2,1H3,(H,12,13). The van der Waals surface area contributed by atoms with Crippen molar-refractivity contribution in [3.05, 3.63) is 36.1 Å². The minimum Gasteiger partial charge on any atom is -0.464 e. The number of furan rings is 1. The van der Waals surface area contributed by atoms with Gasteiger partial charge in [0.15, 0.2) is 0 Å². The van der Waals surface area contributed by atoms with Crippen molar-refractivity contribution in [3.8, 4) is 0 Å². The second kappa shape index (κ2) is 4.14. The minimum atomic E-state index is -0.220. The lowest BCUT2D eigenvalue weighted by molar-refractivity contribution is -0.132. The van der Waals surface area contributed by atoms with E-state index in [1.165, 1.54) is 6.92 Å². The first-order chi connectivity index (χ1) is 7.27. The highest BCUT2D eigenvalue weighted by atomic mass is 16.6. The second-order valence-electron chi connectivity index (χ2n) is 3.20. The predicted molar refractivity (Wildman–Crippen MR) is 54.8 cm³/mol. The molecule has 0 unspecified atom stereocenters. The normalized spacial score (nSPS) is 10.5. The molecule has 1 N–H and O–H groups in total. The zero-order valence-corrected chi connectivity index (χ0v) is 8.32. The number of amides is 1. The number of carbonyl (C=O) groups excluding carboxylic acids is 1. The Bertz CT molecular complexity index is 475. The molecule has 1 amide bonds. The van der Waals surface area contributed by atoms with Crippen LogP contribution in [-0.2, 0) is 16.2 Å². The van der Waals surface area contributed by atoms with E-state index in [9.17, 15) is 4.79 Å². The van der Waals surface area contributed by atoms with Crippen molar-refractivity contribution in [2.45, 2.75) is 13.5 Å². The quantitative estimate of drug-likeness (QED) is 0.780. The maximum absolute atomic E-state index is 10.6. The predicted octanol–water partition coefficient (Wildman–Crippen LogP) is 2.00. The van der Waals surface area contributed by atoms with Gasteiger partial charge in [-0.05, 0) is 6.07 Å². The van der Waals surface area contributed by atoms with E-state index in [-0.39, 0.29) is 5.91 Å². The van der Waals surface area contributed by atoms with Crippen molar-refractivity contribution in [1.29, 1.82) is 0 Å². The molecule has 0 radical (unpaired) electrons. The summed E-state index contributed by atoms with van der Waals surface area (Å²) in [6, 6.07) is 7.67. The van der Waals surface area contributed by atoms with Gasteiger partial charge < -0.3 is 4.42 Å². The van der Waals surface area contributed by atoms with Gasteiger partial charge in [-0.2, -0.15) is 0 Å². The van der Waals surface area contributed by atoms with Gasteiger partial charge in [0.1, 0.15) is 12.2 Å². The van der Waals surface area contributed by atoms with Crippen LogP contribution in [0.4, 0.5) is 0 Å². The van der Waals surface area contributed by atoms with E-state index in [2.05, 4.69) is 5.48 Å². The van der Waals surface area contributed by atoms with Gasteiger partial charge in [-0.3, -0.25) is 9.63 Å². The summed E-state index contributed by atoms with van der Waals surface area (Å²) >= 11 is 0. The number of para-hydroxylation sites is 1. The molecule has 0 aliphatic heterocycles. The Labute approximate surface area is 86.8 Å². The molecule has 2 aromatic rings. The van der Waals surface area contributed by atoms with Crippen LogP contribution in [0.2, 0.25) is 0 Å². The molecule has 1 aromatic carbocycles. The van der Waals surface area contributed by atoms with Gasteiger partial charge in [0.05, 0.1) is 6.26 Å². The van der Waals surface area contributed by atoms with Gasteiger partial charge in [0.25, 0.3) is 0 Å². The molecule has 0 aliphatic carbocycles. The van der Waals surface area contributed by atoms with Crippen LogP contribution in [0.25, 0.3) is 11.0 Å². The zero-order chi connectivity index (χ0) is 10.7. The van der Waals surface area contributed by atoms with Crippen molar-refractivity contribution in [3.63, 3.8) is 0 Å². The molecule has 1 heterocycles. The number of fused-ring (bicyclic) bond motifs is 1. The first kappa shape index (κ1) is 9.73. The molecular weight excluding hydrogens is 194 g/mol. The topological polar surface area (TPSA) is 51.5 Å². The Balaban J connectivity index is 2.11. The molecule has 0 atom stereocenters. The summed E-state index contributed by atoms with van der Waals surface area (Å²) in [6.07, 6.45) is 1.63. The van der Waals surface area contributed by atoms with Gasteiger partial charge in [-0.1, -0.05) is 18.2 Å². The van der Waals surface area contributed by atoms with E-state index in [0.29, 0.717) is 6.61 Å². The molecule has 0 aliphatic rings. The molecule has 2 rings (SSSR count). The highest BCUT2D eigenvalue weighted by molar-refractivity contribution is 5.80. The van der Waals surface area contributed by atoms with Crippen molar-refractivity contribution in [2.24, 2.45) is 0 Å².